The molecule has 22 heavy (non-hydrogen) atoms. The number of carbonyl (C=O) groups is 2. The van der Waals surface area contributed by atoms with Crippen molar-refractivity contribution in [2.75, 3.05) is 26.2 Å². The molecule has 0 bridgehead atoms. The van der Waals surface area contributed by atoms with E-state index >= 15 is 0 Å². The first-order chi connectivity index (χ1) is 10.6. The van der Waals surface area contributed by atoms with Crippen LogP contribution in [0.5, 0.6) is 0 Å². The van der Waals surface area contributed by atoms with E-state index in [0.29, 0.717) is 26.1 Å². The predicted octanol–water partition coefficient (Wildman–Crippen LogP) is 1.31. The summed E-state index contributed by atoms with van der Waals surface area (Å²) in [4.78, 5) is 26.2. The second kappa shape index (κ2) is 8.29. The Labute approximate surface area is 139 Å². The quantitative estimate of drug-likeness (QED) is 0.823. The Hall–Kier alpha value is -1.40. The molecule has 3 N–H and O–H groups in total. The zero-order valence-corrected chi connectivity index (χ0v) is 14.1. The summed E-state index contributed by atoms with van der Waals surface area (Å²) in [7, 11) is 0. The van der Waals surface area contributed by atoms with Crippen molar-refractivity contribution in [3.8, 4) is 0 Å². The number of carbonyl (C=O) groups excluding carboxylic acids is 2. The van der Waals surface area contributed by atoms with Crippen LogP contribution in [0.1, 0.15) is 18.4 Å². The number of amides is 2. The van der Waals surface area contributed by atoms with E-state index in [1.54, 1.807) is 4.90 Å². The molecule has 0 saturated carbocycles. The number of piperidine rings is 1. The smallest absolute Gasteiger partial charge is 0.227 e. The molecule has 2 rings (SSSR count). The summed E-state index contributed by atoms with van der Waals surface area (Å²) in [5, 5.41) is 2.81. The van der Waals surface area contributed by atoms with Crippen LogP contribution < -0.4 is 11.1 Å². The van der Waals surface area contributed by atoms with Crippen molar-refractivity contribution in [3.05, 3.63) is 34.3 Å². The fraction of sp³-hybridized carbons (Fsp3) is 0.500. The van der Waals surface area contributed by atoms with Gasteiger partial charge in [0.2, 0.25) is 11.8 Å². The van der Waals surface area contributed by atoms with Crippen LogP contribution in [-0.2, 0) is 16.0 Å². The molecule has 1 aromatic rings. The van der Waals surface area contributed by atoms with Crippen LogP contribution in [0.25, 0.3) is 0 Å². The van der Waals surface area contributed by atoms with Crippen molar-refractivity contribution in [2.45, 2.75) is 19.3 Å². The Kier molecular flexibility index (Phi) is 6.39. The molecule has 0 aromatic heterocycles. The highest BCUT2D eigenvalue weighted by Crippen LogP contribution is 2.18. The minimum atomic E-state index is -0.117. The summed E-state index contributed by atoms with van der Waals surface area (Å²) in [5.74, 6) is -0.0283. The molecule has 1 atom stereocenters. The maximum Gasteiger partial charge on any atom is 0.227 e. The van der Waals surface area contributed by atoms with Gasteiger partial charge in [-0.2, -0.15) is 0 Å². The summed E-state index contributed by atoms with van der Waals surface area (Å²) in [6.45, 7) is 2.16. The molecule has 1 aliphatic rings. The van der Waals surface area contributed by atoms with E-state index in [2.05, 4.69) is 21.2 Å². The molecule has 0 radical (unpaired) electrons. The van der Waals surface area contributed by atoms with Crippen molar-refractivity contribution in [2.24, 2.45) is 11.7 Å². The van der Waals surface area contributed by atoms with E-state index in [-0.39, 0.29) is 17.7 Å². The summed E-state index contributed by atoms with van der Waals surface area (Å²) >= 11 is 3.38. The van der Waals surface area contributed by atoms with Crippen LogP contribution in [0.4, 0.5) is 0 Å². The first-order valence-corrected chi connectivity index (χ1v) is 8.39. The minimum Gasteiger partial charge on any atom is -0.355 e. The lowest BCUT2D eigenvalue weighted by Gasteiger charge is -2.32. The van der Waals surface area contributed by atoms with E-state index in [4.69, 9.17) is 5.73 Å². The molecule has 1 heterocycles. The van der Waals surface area contributed by atoms with E-state index in [1.165, 1.54) is 0 Å². The highest BCUT2D eigenvalue weighted by atomic mass is 79.9. The molecular formula is C16H22BrN3O2. The molecule has 1 aliphatic heterocycles. The zero-order valence-electron chi connectivity index (χ0n) is 12.6. The van der Waals surface area contributed by atoms with Gasteiger partial charge in [-0.1, -0.05) is 28.1 Å². The Morgan fingerprint density at radius 1 is 1.32 bits per heavy atom. The maximum absolute atomic E-state index is 12.4. The van der Waals surface area contributed by atoms with E-state index < -0.39 is 0 Å². The van der Waals surface area contributed by atoms with E-state index in [9.17, 15) is 9.59 Å². The normalized spacial score (nSPS) is 18.1. The van der Waals surface area contributed by atoms with Gasteiger partial charge < -0.3 is 16.0 Å². The number of hydrogen-bond acceptors (Lipinski definition) is 3. The van der Waals surface area contributed by atoms with Crippen LogP contribution in [-0.4, -0.2) is 42.9 Å². The molecule has 120 valence electrons. The molecule has 6 heteroatoms. The highest BCUT2D eigenvalue weighted by Gasteiger charge is 2.28. The number of benzene rings is 1. The molecule has 1 saturated heterocycles. The number of halogens is 1. The number of hydrogen-bond donors (Lipinski definition) is 2. The predicted molar refractivity (Wildman–Crippen MR) is 89.2 cm³/mol. The third-order valence-corrected chi connectivity index (χ3v) is 4.39. The van der Waals surface area contributed by atoms with Crippen LogP contribution in [0.2, 0.25) is 0 Å². The minimum absolute atomic E-state index is 0.00610. The van der Waals surface area contributed by atoms with Gasteiger partial charge in [-0.15, -0.1) is 0 Å². The fourth-order valence-corrected chi connectivity index (χ4v) is 2.91. The molecule has 0 aliphatic carbocycles. The van der Waals surface area contributed by atoms with Crippen LogP contribution in [0, 0.1) is 5.92 Å². The second-order valence-electron chi connectivity index (χ2n) is 5.56. The van der Waals surface area contributed by atoms with E-state index in [1.807, 2.05) is 24.3 Å². The standard InChI is InChI=1S/C16H22BrN3O2/c17-14-5-3-12(4-6-14)10-15(21)20-9-1-2-13(11-20)16(22)19-8-7-18/h3-6,13H,1-2,7-11,18H2,(H,19,22). The maximum atomic E-state index is 12.4. The van der Waals surface area contributed by atoms with Gasteiger partial charge in [0.25, 0.3) is 0 Å². The molecule has 1 unspecified atom stereocenters. The van der Waals surface area contributed by atoms with Crippen LogP contribution >= 0.6 is 15.9 Å². The molecule has 1 fully saturated rings. The van der Waals surface area contributed by atoms with Crippen LogP contribution in [0.3, 0.4) is 0 Å². The summed E-state index contributed by atoms with van der Waals surface area (Å²) in [5.41, 5.74) is 6.38. The Bertz CT molecular complexity index is 519. The van der Waals surface area contributed by atoms with Gasteiger partial charge in [-0.3, -0.25) is 9.59 Å². The average molecular weight is 368 g/mol. The highest BCUT2D eigenvalue weighted by molar-refractivity contribution is 9.10. The molecule has 1 aromatic carbocycles. The third-order valence-electron chi connectivity index (χ3n) is 3.86. The number of nitrogens with one attached hydrogen (secondary N) is 1. The van der Waals surface area contributed by atoms with Gasteiger partial charge in [0.1, 0.15) is 0 Å². The monoisotopic (exact) mass is 367 g/mol. The Morgan fingerprint density at radius 2 is 2.05 bits per heavy atom. The van der Waals surface area contributed by atoms with Gasteiger partial charge in [0, 0.05) is 30.7 Å². The first kappa shape index (κ1) is 17.0. The summed E-state index contributed by atoms with van der Waals surface area (Å²) < 4.78 is 0.998. The second-order valence-corrected chi connectivity index (χ2v) is 6.48. The van der Waals surface area contributed by atoms with Crippen LogP contribution in [0.15, 0.2) is 28.7 Å². The van der Waals surface area contributed by atoms with Gasteiger partial charge in [0.05, 0.1) is 12.3 Å². The lowest BCUT2D eigenvalue weighted by atomic mass is 9.96. The van der Waals surface area contributed by atoms with Crippen molar-refractivity contribution >= 4 is 27.7 Å². The lowest BCUT2D eigenvalue weighted by Crippen LogP contribution is -2.46. The summed E-state index contributed by atoms with van der Waals surface area (Å²) in [6.07, 6.45) is 2.08. The zero-order chi connectivity index (χ0) is 15.9. The molecular weight excluding hydrogens is 346 g/mol. The molecule has 5 nitrogen and oxygen atoms in total. The van der Waals surface area contributed by atoms with Crippen molar-refractivity contribution in [3.63, 3.8) is 0 Å². The third kappa shape index (κ3) is 4.81. The van der Waals surface area contributed by atoms with Gasteiger partial charge in [-0.25, -0.2) is 0 Å². The van der Waals surface area contributed by atoms with E-state index in [0.717, 1.165) is 29.4 Å². The number of nitrogens with two attached hydrogens (primary N) is 1. The van der Waals surface area contributed by atoms with Gasteiger partial charge in [0.15, 0.2) is 0 Å². The summed E-state index contributed by atoms with van der Waals surface area (Å²) in [6, 6.07) is 7.75. The largest absolute Gasteiger partial charge is 0.355 e. The lowest BCUT2D eigenvalue weighted by molar-refractivity contribution is -0.135. The first-order valence-electron chi connectivity index (χ1n) is 7.60. The SMILES string of the molecule is NCCNC(=O)C1CCCN(C(=O)Cc2ccc(Br)cc2)C1. The Morgan fingerprint density at radius 3 is 2.73 bits per heavy atom. The topological polar surface area (TPSA) is 75.4 Å². The number of likely N-dealkylation sites (tertiary alicyclic amines) is 1. The number of nitrogens with zero attached hydrogens (tertiary/aromatic N) is 1. The average Bonchev–Trinajstić information content (AvgIpc) is 2.54. The van der Waals surface area contributed by atoms with Crippen molar-refractivity contribution in [1.29, 1.82) is 0 Å². The molecule has 0 spiro atoms. The van der Waals surface area contributed by atoms with Gasteiger partial charge in [-0.05, 0) is 30.5 Å². The van der Waals surface area contributed by atoms with Crippen molar-refractivity contribution in [1.82, 2.24) is 10.2 Å². The van der Waals surface area contributed by atoms with Gasteiger partial charge >= 0.3 is 0 Å². The fourth-order valence-electron chi connectivity index (χ4n) is 2.65. The molecule has 2 amide bonds. The Balaban J connectivity index is 1.89. The van der Waals surface area contributed by atoms with Crippen molar-refractivity contribution < 1.29 is 9.59 Å². The number of rotatable bonds is 5.